The van der Waals surface area contributed by atoms with Gasteiger partial charge in [0.05, 0.1) is 12.5 Å². The van der Waals surface area contributed by atoms with E-state index in [1.807, 2.05) is 0 Å². The number of hydrogen-bond acceptors (Lipinski definition) is 2. The van der Waals surface area contributed by atoms with Crippen molar-refractivity contribution in [2.24, 2.45) is 11.8 Å². The molecule has 0 spiro atoms. The molecule has 11 heavy (non-hydrogen) atoms. The monoisotopic (exact) mass is 158 g/mol. The van der Waals surface area contributed by atoms with Crippen molar-refractivity contribution in [1.82, 2.24) is 0 Å². The number of carboxylic acid groups (broad SMARTS) is 1. The van der Waals surface area contributed by atoms with Crippen LogP contribution < -0.4 is 0 Å². The summed E-state index contributed by atoms with van der Waals surface area (Å²) in [7, 11) is 0. The highest BCUT2D eigenvalue weighted by Gasteiger charge is 2.26. The van der Waals surface area contributed by atoms with Gasteiger partial charge in [0.15, 0.2) is 0 Å². The van der Waals surface area contributed by atoms with Crippen LogP contribution in [-0.4, -0.2) is 24.3 Å². The average molecular weight is 158 g/mol. The van der Waals surface area contributed by atoms with Crippen LogP contribution in [0.3, 0.4) is 0 Å². The minimum Gasteiger partial charge on any atom is -0.481 e. The highest BCUT2D eigenvalue weighted by molar-refractivity contribution is 5.70. The molecule has 64 valence electrons. The third-order valence-electron chi connectivity index (χ3n) is 2.22. The maximum absolute atomic E-state index is 10.5. The summed E-state index contributed by atoms with van der Waals surface area (Å²) in [5.74, 6) is -0.540. The molecule has 3 heteroatoms. The van der Waals surface area contributed by atoms with E-state index in [1.54, 1.807) is 0 Å². The van der Waals surface area contributed by atoms with Crippen LogP contribution in [-0.2, 0) is 9.53 Å². The van der Waals surface area contributed by atoms with Crippen molar-refractivity contribution < 1.29 is 14.6 Å². The Morgan fingerprint density at radius 2 is 2.36 bits per heavy atom. The summed E-state index contributed by atoms with van der Waals surface area (Å²) in [6, 6.07) is 0. The largest absolute Gasteiger partial charge is 0.481 e. The number of carboxylic acids is 1. The molecule has 0 aromatic rings. The van der Waals surface area contributed by atoms with Gasteiger partial charge in [-0.2, -0.15) is 0 Å². The summed E-state index contributed by atoms with van der Waals surface area (Å²) in [5.41, 5.74) is 0. The van der Waals surface area contributed by atoms with Crippen LogP contribution in [0.1, 0.15) is 19.8 Å². The summed E-state index contributed by atoms with van der Waals surface area (Å²) < 4.78 is 5.17. The van der Waals surface area contributed by atoms with E-state index in [1.165, 1.54) is 0 Å². The van der Waals surface area contributed by atoms with E-state index in [4.69, 9.17) is 9.84 Å². The summed E-state index contributed by atoms with van der Waals surface area (Å²) in [5, 5.41) is 8.67. The lowest BCUT2D eigenvalue weighted by atomic mass is 9.91. The highest BCUT2D eigenvalue weighted by atomic mass is 16.5. The quantitative estimate of drug-likeness (QED) is 0.655. The molecule has 1 rings (SSSR count). The van der Waals surface area contributed by atoms with Gasteiger partial charge in [-0.3, -0.25) is 4.79 Å². The molecule has 2 unspecified atom stereocenters. The first-order valence-electron chi connectivity index (χ1n) is 4.04. The summed E-state index contributed by atoms with van der Waals surface area (Å²) in [6.45, 7) is 3.20. The minimum absolute atomic E-state index is 0.270. The fourth-order valence-corrected chi connectivity index (χ4v) is 1.37. The Hall–Kier alpha value is -0.570. The first kappa shape index (κ1) is 8.53. The molecule has 1 aliphatic rings. The van der Waals surface area contributed by atoms with Gasteiger partial charge >= 0.3 is 5.97 Å². The van der Waals surface area contributed by atoms with E-state index >= 15 is 0 Å². The molecule has 3 nitrogen and oxygen atoms in total. The van der Waals surface area contributed by atoms with Gasteiger partial charge in [-0.05, 0) is 12.3 Å². The molecular formula is C8H14O3. The molecule has 0 saturated carbocycles. The third-order valence-corrected chi connectivity index (χ3v) is 2.22. The molecule has 1 saturated heterocycles. The molecule has 0 bridgehead atoms. The van der Waals surface area contributed by atoms with Crippen molar-refractivity contribution in [2.75, 3.05) is 13.2 Å². The molecule has 1 fully saturated rings. The second kappa shape index (κ2) is 3.72. The molecular weight excluding hydrogens is 144 g/mol. The van der Waals surface area contributed by atoms with E-state index in [0.717, 1.165) is 19.4 Å². The Morgan fingerprint density at radius 3 is 2.91 bits per heavy atom. The van der Waals surface area contributed by atoms with Crippen molar-refractivity contribution in [3.63, 3.8) is 0 Å². The van der Waals surface area contributed by atoms with Crippen LogP contribution in [0.4, 0.5) is 0 Å². The standard InChI is InChI=1S/C8H14O3/c1-2-6-3-7(8(9)10)5-11-4-6/h6-7H,2-5H2,1H3,(H,9,10). The van der Waals surface area contributed by atoms with Gasteiger partial charge in [0.2, 0.25) is 0 Å². The lowest BCUT2D eigenvalue weighted by Crippen LogP contribution is -2.30. The first-order chi connectivity index (χ1) is 5.24. The maximum atomic E-state index is 10.5. The predicted molar refractivity (Wildman–Crippen MR) is 40.3 cm³/mol. The molecule has 0 aromatic heterocycles. The van der Waals surface area contributed by atoms with Crippen LogP contribution in [0.5, 0.6) is 0 Å². The second-order valence-electron chi connectivity index (χ2n) is 3.08. The van der Waals surface area contributed by atoms with E-state index in [-0.39, 0.29) is 5.92 Å². The van der Waals surface area contributed by atoms with E-state index in [2.05, 4.69) is 6.92 Å². The lowest BCUT2D eigenvalue weighted by Gasteiger charge is -2.25. The molecule has 0 amide bonds. The van der Waals surface area contributed by atoms with Crippen LogP contribution in [0, 0.1) is 11.8 Å². The van der Waals surface area contributed by atoms with E-state index in [0.29, 0.717) is 12.5 Å². The Balaban J connectivity index is 2.39. The summed E-state index contributed by atoms with van der Waals surface area (Å²) >= 11 is 0. The minimum atomic E-state index is -0.719. The van der Waals surface area contributed by atoms with Crippen molar-refractivity contribution in [3.05, 3.63) is 0 Å². The lowest BCUT2D eigenvalue weighted by molar-refractivity contribution is -0.147. The fraction of sp³-hybridized carbons (Fsp3) is 0.875. The van der Waals surface area contributed by atoms with Crippen molar-refractivity contribution in [3.8, 4) is 0 Å². The molecule has 0 aliphatic carbocycles. The first-order valence-corrected chi connectivity index (χ1v) is 4.04. The second-order valence-corrected chi connectivity index (χ2v) is 3.08. The fourth-order valence-electron chi connectivity index (χ4n) is 1.37. The highest BCUT2D eigenvalue weighted by Crippen LogP contribution is 2.21. The third kappa shape index (κ3) is 2.19. The Morgan fingerprint density at radius 1 is 1.64 bits per heavy atom. The van der Waals surface area contributed by atoms with Crippen LogP contribution >= 0.6 is 0 Å². The van der Waals surface area contributed by atoms with Gasteiger partial charge in [0, 0.05) is 6.61 Å². The molecule has 0 radical (unpaired) electrons. The van der Waals surface area contributed by atoms with E-state index in [9.17, 15) is 4.79 Å². The number of rotatable bonds is 2. The summed E-state index contributed by atoms with van der Waals surface area (Å²) in [6.07, 6.45) is 1.80. The zero-order valence-corrected chi connectivity index (χ0v) is 6.75. The van der Waals surface area contributed by atoms with E-state index < -0.39 is 5.97 Å². The van der Waals surface area contributed by atoms with Gasteiger partial charge in [-0.1, -0.05) is 13.3 Å². The smallest absolute Gasteiger partial charge is 0.308 e. The SMILES string of the molecule is CCC1COCC(C(=O)O)C1. The zero-order valence-electron chi connectivity index (χ0n) is 6.75. The van der Waals surface area contributed by atoms with Crippen LogP contribution in [0.15, 0.2) is 0 Å². The van der Waals surface area contributed by atoms with Crippen LogP contribution in [0.25, 0.3) is 0 Å². The molecule has 1 heterocycles. The molecule has 0 aromatic carbocycles. The molecule has 1 aliphatic heterocycles. The zero-order chi connectivity index (χ0) is 8.27. The number of carbonyl (C=O) groups is 1. The Bertz CT molecular complexity index is 144. The number of hydrogen-bond donors (Lipinski definition) is 1. The topological polar surface area (TPSA) is 46.5 Å². The van der Waals surface area contributed by atoms with Crippen LogP contribution in [0.2, 0.25) is 0 Å². The van der Waals surface area contributed by atoms with Crippen molar-refractivity contribution >= 4 is 5.97 Å². The van der Waals surface area contributed by atoms with Gasteiger partial charge in [-0.15, -0.1) is 0 Å². The maximum Gasteiger partial charge on any atom is 0.308 e. The normalized spacial score (nSPS) is 31.7. The molecule has 1 N–H and O–H groups in total. The van der Waals surface area contributed by atoms with Gasteiger partial charge in [0.25, 0.3) is 0 Å². The van der Waals surface area contributed by atoms with Gasteiger partial charge in [-0.25, -0.2) is 0 Å². The Kier molecular flexibility index (Phi) is 2.88. The average Bonchev–Trinajstić information content (AvgIpc) is 2.05. The van der Waals surface area contributed by atoms with Crippen molar-refractivity contribution in [2.45, 2.75) is 19.8 Å². The van der Waals surface area contributed by atoms with Gasteiger partial charge < -0.3 is 9.84 Å². The van der Waals surface area contributed by atoms with Gasteiger partial charge in [0.1, 0.15) is 0 Å². The van der Waals surface area contributed by atoms with Crippen molar-refractivity contribution in [1.29, 1.82) is 0 Å². The Labute approximate surface area is 66.4 Å². The molecule has 2 atom stereocenters. The predicted octanol–water partition coefficient (Wildman–Crippen LogP) is 1.13. The number of ether oxygens (including phenoxy) is 1. The summed E-state index contributed by atoms with van der Waals surface area (Å²) in [4.78, 5) is 10.5. The number of aliphatic carboxylic acids is 1.